The molecule has 0 aliphatic heterocycles. The average Bonchev–Trinajstić information content (AvgIpc) is 2.49. The highest BCUT2D eigenvalue weighted by Crippen LogP contribution is 2.43. The van der Waals surface area contributed by atoms with Gasteiger partial charge in [0.05, 0.1) is 0 Å². The van der Waals surface area contributed by atoms with Crippen LogP contribution >= 0.6 is 0 Å². The molecule has 0 heterocycles. The van der Waals surface area contributed by atoms with Crippen LogP contribution in [0.5, 0.6) is 0 Å². The molecule has 0 spiro atoms. The van der Waals surface area contributed by atoms with E-state index in [1.54, 1.807) is 0 Å². The molecule has 1 nitrogen and oxygen atoms in total. The van der Waals surface area contributed by atoms with E-state index in [9.17, 15) is 0 Å². The summed E-state index contributed by atoms with van der Waals surface area (Å²) in [6.45, 7) is 10.8. The Morgan fingerprint density at radius 3 is 2.00 bits per heavy atom. The minimum Gasteiger partial charge on any atom is -0.313 e. The lowest BCUT2D eigenvalue weighted by atomic mass is 9.66. The fraction of sp³-hybridized carbons (Fsp3) is 1.00. The topological polar surface area (TPSA) is 12.0 Å². The summed E-state index contributed by atoms with van der Waals surface area (Å²) in [5, 5.41) is 3.97. The van der Waals surface area contributed by atoms with E-state index >= 15 is 0 Å². The predicted molar refractivity (Wildman–Crippen MR) is 93.6 cm³/mol. The fourth-order valence-electron chi connectivity index (χ4n) is 4.77. The lowest BCUT2D eigenvalue weighted by molar-refractivity contribution is 0.112. The van der Waals surface area contributed by atoms with Gasteiger partial charge in [0.1, 0.15) is 0 Å². The first-order chi connectivity index (χ1) is 10.1. The number of hydrogen-bond acceptors (Lipinski definition) is 1. The largest absolute Gasteiger partial charge is 0.313 e. The van der Waals surface area contributed by atoms with Crippen LogP contribution in [0.3, 0.4) is 0 Å². The maximum atomic E-state index is 3.97. The summed E-state index contributed by atoms with van der Waals surface area (Å²) in [4.78, 5) is 0. The molecule has 0 aromatic rings. The van der Waals surface area contributed by atoms with E-state index in [1.165, 1.54) is 70.8 Å². The van der Waals surface area contributed by atoms with Crippen molar-refractivity contribution in [3.63, 3.8) is 0 Å². The van der Waals surface area contributed by atoms with E-state index in [-0.39, 0.29) is 0 Å². The Kier molecular flexibility index (Phi) is 6.59. The number of nitrogens with one attached hydrogen (secondary N) is 1. The molecule has 2 aliphatic carbocycles. The second-order valence-corrected chi connectivity index (χ2v) is 8.67. The minimum atomic E-state index is 0.603. The maximum Gasteiger partial charge on any atom is 0.0124 e. The first kappa shape index (κ1) is 17.3. The molecule has 0 aromatic heterocycles. The molecule has 2 fully saturated rings. The summed E-state index contributed by atoms with van der Waals surface area (Å²) in [6.07, 6.45) is 14.4. The van der Waals surface area contributed by atoms with Crippen molar-refractivity contribution >= 4 is 0 Å². The quantitative estimate of drug-likeness (QED) is 0.654. The van der Waals surface area contributed by atoms with Crippen LogP contribution in [0, 0.1) is 23.2 Å². The standard InChI is InChI=1S/C20H39N/c1-5-15-21-19(17-9-7-16(6-2)8-10-17)18-11-13-20(3,4)14-12-18/h16-19,21H,5-15H2,1-4H3. The van der Waals surface area contributed by atoms with Crippen LogP contribution in [-0.4, -0.2) is 12.6 Å². The van der Waals surface area contributed by atoms with Crippen LogP contribution in [-0.2, 0) is 0 Å². The lowest BCUT2D eigenvalue weighted by Gasteiger charge is -2.43. The second kappa shape index (κ2) is 7.99. The molecule has 21 heavy (non-hydrogen) atoms. The SMILES string of the molecule is CCCNC(C1CCC(CC)CC1)C1CCC(C)(C)CC1. The van der Waals surface area contributed by atoms with E-state index in [4.69, 9.17) is 0 Å². The van der Waals surface area contributed by atoms with Crippen LogP contribution < -0.4 is 5.32 Å². The van der Waals surface area contributed by atoms with Gasteiger partial charge in [-0.3, -0.25) is 0 Å². The molecule has 1 unspecified atom stereocenters. The van der Waals surface area contributed by atoms with Crippen molar-refractivity contribution in [3.05, 3.63) is 0 Å². The summed E-state index contributed by atoms with van der Waals surface area (Å²) < 4.78 is 0. The molecule has 0 bridgehead atoms. The Labute approximate surface area is 133 Å². The third-order valence-electron chi connectivity index (χ3n) is 6.50. The van der Waals surface area contributed by atoms with Crippen LogP contribution in [0.1, 0.15) is 91.9 Å². The molecule has 0 aromatic carbocycles. The molecule has 124 valence electrons. The van der Waals surface area contributed by atoms with Gasteiger partial charge in [0.15, 0.2) is 0 Å². The van der Waals surface area contributed by atoms with Crippen LogP contribution in [0.2, 0.25) is 0 Å². The smallest absolute Gasteiger partial charge is 0.0124 e. The van der Waals surface area contributed by atoms with Gasteiger partial charge in [0, 0.05) is 6.04 Å². The highest BCUT2D eigenvalue weighted by Gasteiger charge is 2.36. The fourth-order valence-corrected chi connectivity index (χ4v) is 4.77. The first-order valence-corrected chi connectivity index (χ1v) is 9.79. The van der Waals surface area contributed by atoms with Gasteiger partial charge in [0.25, 0.3) is 0 Å². The molecular formula is C20H39N. The lowest BCUT2D eigenvalue weighted by Crippen LogP contribution is -2.45. The molecule has 0 saturated heterocycles. The predicted octanol–water partition coefficient (Wildman–Crippen LogP) is 5.79. The highest BCUT2D eigenvalue weighted by molar-refractivity contribution is 4.90. The Morgan fingerprint density at radius 1 is 0.905 bits per heavy atom. The van der Waals surface area contributed by atoms with Crippen molar-refractivity contribution in [2.45, 2.75) is 97.9 Å². The Morgan fingerprint density at radius 2 is 1.48 bits per heavy atom. The zero-order valence-corrected chi connectivity index (χ0v) is 15.1. The van der Waals surface area contributed by atoms with Gasteiger partial charge < -0.3 is 5.32 Å². The molecule has 0 amide bonds. The van der Waals surface area contributed by atoms with Crippen LogP contribution in [0.25, 0.3) is 0 Å². The van der Waals surface area contributed by atoms with Gasteiger partial charge in [-0.1, -0.05) is 47.0 Å². The summed E-state index contributed by atoms with van der Waals surface area (Å²) in [5.41, 5.74) is 0.603. The zero-order valence-electron chi connectivity index (χ0n) is 15.1. The van der Waals surface area contributed by atoms with Crippen molar-refractivity contribution in [2.24, 2.45) is 23.2 Å². The molecule has 2 aliphatic rings. The van der Waals surface area contributed by atoms with Gasteiger partial charge in [-0.05, 0) is 74.7 Å². The summed E-state index contributed by atoms with van der Waals surface area (Å²) >= 11 is 0. The summed E-state index contributed by atoms with van der Waals surface area (Å²) in [6, 6.07) is 0.818. The average molecular weight is 294 g/mol. The molecule has 2 saturated carbocycles. The molecule has 1 N–H and O–H groups in total. The Hall–Kier alpha value is -0.0400. The Bertz CT molecular complexity index is 278. The van der Waals surface area contributed by atoms with Gasteiger partial charge in [-0.15, -0.1) is 0 Å². The van der Waals surface area contributed by atoms with Crippen molar-refractivity contribution in [3.8, 4) is 0 Å². The van der Waals surface area contributed by atoms with E-state index in [1.807, 2.05) is 0 Å². The van der Waals surface area contributed by atoms with E-state index < -0.39 is 0 Å². The number of hydrogen-bond donors (Lipinski definition) is 1. The van der Waals surface area contributed by atoms with Crippen molar-refractivity contribution in [1.82, 2.24) is 5.32 Å². The van der Waals surface area contributed by atoms with E-state index in [0.717, 1.165) is 23.8 Å². The van der Waals surface area contributed by atoms with Gasteiger partial charge in [0.2, 0.25) is 0 Å². The van der Waals surface area contributed by atoms with Crippen LogP contribution in [0.4, 0.5) is 0 Å². The Balaban J connectivity index is 1.91. The molecule has 1 heteroatoms. The molecular weight excluding hydrogens is 254 g/mol. The van der Waals surface area contributed by atoms with Gasteiger partial charge in [-0.25, -0.2) is 0 Å². The second-order valence-electron chi connectivity index (χ2n) is 8.67. The van der Waals surface area contributed by atoms with Crippen molar-refractivity contribution < 1.29 is 0 Å². The van der Waals surface area contributed by atoms with Gasteiger partial charge in [-0.2, -0.15) is 0 Å². The highest BCUT2D eigenvalue weighted by atomic mass is 14.9. The van der Waals surface area contributed by atoms with Gasteiger partial charge >= 0.3 is 0 Å². The molecule has 0 radical (unpaired) electrons. The summed E-state index contributed by atoms with van der Waals surface area (Å²) in [5.74, 6) is 2.94. The number of rotatable bonds is 6. The van der Waals surface area contributed by atoms with Crippen LogP contribution in [0.15, 0.2) is 0 Å². The van der Waals surface area contributed by atoms with E-state index in [2.05, 4.69) is 33.0 Å². The first-order valence-electron chi connectivity index (χ1n) is 9.79. The molecule has 2 rings (SSSR count). The maximum absolute atomic E-state index is 3.97. The van der Waals surface area contributed by atoms with E-state index in [0.29, 0.717) is 5.41 Å². The summed E-state index contributed by atoms with van der Waals surface area (Å²) in [7, 11) is 0. The minimum absolute atomic E-state index is 0.603. The monoisotopic (exact) mass is 293 g/mol. The third kappa shape index (κ3) is 4.98. The third-order valence-corrected chi connectivity index (χ3v) is 6.50. The van der Waals surface area contributed by atoms with Crippen molar-refractivity contribution in [1.29, 1.82) is 0 Å². The zero-order chi connectivity index (χ0) is 15.3. The molecule has 1 atom stereocenters. The van der Waals surface area contributed by atoms with Crippen molar-refractivity contribution in [2.75, 3.05) is 6.54 Å². The normalized spacial score (nSPS) is 32.0.